The van der Waals surface area contributed by atoms with Crippen LogP contribution in [0.25, 0.3) is 0 Å². The molecule has 1 amide bonds. The van der Waals surface area contributed by atoms with Gasteiger partial charge in [0, 0.05) is 19.2 Å². The highest BCUT2D eigenvalue weighted by Gasteiger charge is 2.08. The van der Waals surface area contributed by atoms with Crippen molar-refractivity contribution in [2.45, 2.75) is 0 Å². The molecule has 0 spiro atoms. The number of nitrogen functional groups attached to an aromatic ring is 1. The Balaban J connectivity index is 2.28. The molecule has 0 aliphatic heterocycles. The maximum Gasteiger partial charge on any atom is 0.269 e. The number of amides is 1. The Labute approximate surface area is 109 Å². The molecule has 1 heterocycles. The highest BCUT2D eigenvalue weighted by Crippen LogP contribution is 2.26. The molecule has 5 nitrogen and oxygen atoms in total. The number of ether oxygens (including phenoxy) is 1. The van der Waals surface area contributed by atoms with Gasteiger partial charge in [0.1, 0.15) is 11.5 Å². The highest BCUT2D eigenvalue weighted by atomic mass is 19.1. The maximum absolute atomic E-state index is 13.1. The predicted molar refractivity (Wildman–Crippen MR) is 68.5 cm³/mol. The third-order valence-corrected chi connectivity index (χ3v) is 2.37. The number of carbonyl (C=O) groups is 1. The summed E-state index contributed by atoms with van der Waals surface area (Å²) in [6, 6.07) is 8.49. The van der Waals surface area contributed by atoms with Gasteiger partial charge >= 0.3 is 0 Å². The number of anilines is 1. The molecule has 1 aromatic heterocycles. The average molecular weight is 261 g/mol. The van der Waals surface area contributed by atoms with Gasteiger partial charge in [-0.2, -0.15) is 0 Å². The van der Waals surface area contributed by atoms with E-state index < -0.39 is 5.82 Å². The molecule has 0 saturated carbocycles. The Bertz CT molecular complexity index is 617. The minimum atomic E-state index is -0.466. The van der Waals surface area contributed by atoms with E-state index in [4.69, 9.17) is 10.5 Å². The summed E-state index contributed by atoms with van der Waals surface area (Å²) in [7, 11) is 1.50. The van der Waals surface area contributed by atoms with E-state index in [1.54, 1.807) is 18.2 Å². The standard InChI is InChI=1S/C13H12FN3O2/c1-16-13(18)10-3-2-4-12(17-10)19-11-7-8(14)5-6-9(11)15/h2-7H,15H2,1H3,(H,16,18). The van der Waals surface area contributed by atoms with Crippen molar-refractivity contribution in [2.24, 2.45) is 0 Å². The number of halogens is 1. The van der Waals surface area contributed by atoms with Crippen LogP contribution >= 0.6 is 0 Å². The summed E-state index contributed by atoms with van der Waals surface area (Å²) in [5.41, 5.74) is 6.15. The van der Waals surface area contributed by atoms with Gasteiger partial charge in [-0.05, 0) is 18.2 Å². The Morgan fingerprint density at radius 1 is 1.37 bits per heavy atom. The van der Waals surface area contributed by atoms with Gasteiger partial charge in [-0.3, -0.25) is 4.79 Å². The van der Waals surface area contributed by atoms with Crippen molar-refractivity contribution in [2.75, 3.05) is 12.8 Å². The van der Waals surface area contributed by atoms with Crippen LogP contribution in [-0.2, 0) is 0 Å². The second-order valence-electron chi connectivity index (χ2n) is 3.72. The largest absolute Gasteiger partial charge is 0.437 e. The number of pyridine rings is 1. The quantitative estimate of drug-likeness (QED) is 0.828. The summed E-state index contributed by atoms with van der Waals surface area (Å²) >= 11 is 0. The topological polar surface area (TPSA) is 77.2 Å². The average Bonchev–Trinajstić information content (AvgIpc) is 2.42. The Hall–Kier alpha value is -2.63. The zero-order chi connectivity index (χ0) is 13.8. The van der Waals surface area contributed by atoms with Crippen molar-refractivity contribution in [1.82, 2.24) is 10.3 Å². The molecule has 0 radical (unpaired) electrons. The molecule has 0 unspecified atom stereocenters. The summed E-state index contributed by atoms with van der Waals surface area (Å²) in [6.07, 6.45) is 0. The fourth-order valence-corrected chi connectivity index (χ4v) is 1.44. The van der Waals surface area contributed by atoms with Crippen molar-refractivity contribution >= 4 is 11.6 Å². The number of nitrogens with zero attached hydrogens (tertiary/aromatic N) is 1. The second-order valence-corrected chi connectivity index (χ2v) is 3.72. The SMILES string of the molecule is CNC(=O)c1cccc(Oc2cc(F)ccc2N)n1. The lowest BCUT2D eigenvalue weighted by Gasteiger charge is -2.08. The molecule has 98 valence electrons. The molecule has 6 heteroatoms. The van der Waals surface area contributed by atoms with Gasteiger partial charge in [0.2, 0.25) is 5.88 Å². The summed E-state index contributed by atoms with van der Waals surface area (Å²) < 4.78 is 18.5. The minimum Gasteiger partial charge on any atom is -0.437 e. The number of carbonyl (C=O) groups excluding carboxylic acids is 1. The molecule has 0 bridgehead atoms. The summed E-state index contributed by atoms with van der Waals surface area (Å²) in [6.45, 7) is 0. The Morgan fingerprint density at radius 2 is 2.16 bits per heavy atom. The molecular formula is C13H12FN3O2. The number of aromatic nitrogens is 1. The normalized spacial score (nSPS) is 10.0. The predicted octanol–water partition coefficient (Wildman–Crippen LogP) is 1.95. The fourth-order valence-electron chi connectivity index (χ4n) is 1.44. The van der Waals surface area contributed by atoms with E-state index in [2.05, 4.69) is 10.3 Å². The van der Waals surface area contributed by atoms with E-state index in [1.807, 2.05) is 0 Å². The summed E-state index contributed by atoms with van der Waals surface area (Å²) in [5.74, 6) is -0.482. The molecule has 0 aliphatic rings. The monoisotopic (exact) mass is 261 g/mol. The zero-order valence-electron chi connectivity index (χ0n) is 10.2. The van der Waals surface area contributed by atoms with Crippen LogP contribution in [0.1, 0.15) is 10.5 Å². The molecule has 2 rings (SSSR count). The number of nitrogens with two attached hydrogens (primary N) is 1. The van der Waals surface area contributed by atoms with Gasteiger partial charge in [-0.15, -0.1) is 0 Å². The third-order valence-electron chi connectivity index (χ3n) is 2.37. The molecule has 0 saturated heterocycles. The first-order valence-corrected chi connectivity index (χ1v) is 5.52. The van der Waals surface area contributed by atoms with Gasteiger partial charge in [0.25, 0.3) is 5.91 Å². The van der Waals surface area contributed by atoms with Crippen LogP contribution in [-0.4, -0.2) is 17.9 Å². The molecule has 0 aliphatic carbocycles. The van der Waals surface area contributed by atoms with Crippen LogP contribution in [0, 0.1) is 5.82 Å². The number of hydrogen-bond donors (Lipinski definition) is 2. The van der Waals surface area contributed by atoms with E-state index >= 15 is 0 Å². The smallest absolute Gasteiger partial charge is 0.269 e. The van der Waals surface area contributed by atoms with E-state index in [9.17, 15) is 9.18 Å². The summed E-state index contributed by atoms with van der Waals surface area (Å²) in [5, 5.41) is 2.45. The number of rotatable bonds is 3. The Morgan fingerprint density at radius 3 is 2.89 bits per heavy atom. The van der Waals surface area contributed by atoms with Crippen molar-refractivity contribution in [3.8, 4) is 11.6 Å². The highest BCUT2D eigenvalue weighted by molar-refractivity contribution is 5.92. The van der Waals surface area contributed by atoms with Gasteiger partial charge < -0.3 is 15.8 Å². The van der Waals surface area contributed by atoms with Gasteiger partial charge in [-0.25, -0.2) is 9.37 Å². The van der Waals surface area contributed by atoms with Crippen LogP contribution in [0.15, 0.2) is 36.4 Å². The van der Waals surface area contributed by atoms with Crippen LogP contribution < -0.4 is 15.8 Å². The lowest BCUT2D eigenvalue weighted by Crippen LogP contribution is -2.19. The van der Waals surface area contributed by atoms with E-state index in [1.165, 1.54) is 19.2 Å². The van der Waals surface area contributed by atoms with E-state index in [-0.39, 0.29) is 28.9 Å². The zero-order valence-corrected chi connectivity index (χ0v) is 10.2. The number of nitrogens with one attached hydrogen (secondary N) is 1. The van der Waals surface area contributed by atoms with Crippen molar-refractivity contribution in [3.63, 3.8) is 0 Å². The third kappa shape index (κ3) is 2.98. The van der Waals surface area contributed by atoms with Gasteiger partial charge in [0.05, 0.1) is 5.69 Å². The van der Waals surface area contributed by atoms with Crippen LogP contribution in [0.4, 0.5) is 10.1 Å². The summed E-state index contributed by atoms with van der Waals surface area (Å²) in [4.78, 5) is 15.4. The van der Waals surface area contributed by atoms with Crippen LogP contribution in [0.2, 0.25) is 0 Å². The first-order valence-electron chi connectivity index (χ1n) is 5.52. The molecule has 19 heavy (non-hydrogen) atoms. The van der Waals surface area contributed by atoms with E-state index in [0.29, 0.717) is 0 Å². The van der Waals surface area contributed by atoms with Crippen molar-refractivity contribution < 1.29 is 13.9 Å². The van der Waals surface area contributed by atoms with Crippen molar-refractivity contribution in [3.05, 3.63) is 47.9 Å². The second kappa shape index (κ2) is 5.34. The molecule has 0 atom stereocenters. The van der Waals surface area contributed by atoms with Gasteiger partial charge in [0.15, 0.2) is 5.75 Å². The number of hydrogen-bond acceptors (Lipinski definition) is 4. The lowest BCUT2D eigenvalue weighted by atomic mass is 10.3. The van der Waals surface area contributed by atoms with Crippen LogP contribution in [0.3, 0.4) is 0 Å². The molecular weight excluding hydrogens is 249 g/mol. The molecule has 2 aromatic rings. The molecule has 1 aromatic carbocycles. The van der Waals surface area contributed by atoms with Crippen molar-refractivity contribution in [1.29, 1.82) is 0 Å². The Kier molecular flexibility index (Phi) is 3.61. The van der Waals surface area contributed by atoms with Gasteiger partial charge in [-0.1, -0.05) is 6.07 Å². The maximum atomic E-state index is 13.1. The fraction of sp³-hybridized carbons (Fsp3) is 0.0769. The van der Waals surface area contributed by atoms with E-state index in [0.717, 1.165) is 6.07 Å². The van der Waals surface area contributed by atoms with Crippen LogP contribution in [0.5, 0.6) is 11.6 Å². The lowest BCUT2D eigenvalue weighted by molar-refractivity contribution is 0.0957. The molecule has 0 fully saturated rings. The minimum absolute atomic E-state index is 0.154. The molecule has 3 N–H and O–H groups in total. The first-order chi connectivity index (χ1) is 9.10. The first kappa shape index (κ1) is 12.8. The number of benzene rings is 1.